The Labute approximate surface area is 117 Å². The molecule has 0 spiro atoms. The smallest absolute Gasteiger partial charge is 0.227 e. The number of nitrogens with one attached hydrogen (secondary N) is 2. The van der Waals surface area contributed by atoms with Crippen molar-refractivity contribution in [2.75, 3.05) is 26.8 Å². The van der Waals surface area contributed by atoms with Crippen LogP contribution in [0.5, 0.6) is 0 Å². The van der Waals surface area contributed by atoms with Crippen LogP contribution in [0.4, 0.5) is 0 Å². The highest BCUT2D eigenvalue weighted by Gasteiger charge is 2.33. The summed E-state index contributed by atoms with van der Waals surface area (Å²) in [6.07, 6.45) is 4.92. The van der Waals surface area contributed by atoms with Crippen LogP contribution in [0.3, 0.4) is 0 Å². The van der Waals surface area contributed by atoms with Crippen molar-refractivity contribution in [2.24, 2.45) is 11.3 Å². The monoisotopic (exact) mass is 270 g/mol. The van der Waals surface area contributed by atoms with Crippen molar-refractivity contribution in [3.8, 4) is 0 Å². The maximum absolute atomic E-state index is 12.2. The number of carbonyl (C=O) groups excluding carboxylic acids is 1. The highest BCUT2D eigenvalue weighted by Crippen LogP contribution is 2.23. The fourth-order valence-corrected chi connectivity index (χ4v) is 2.50. The molecule has 2 atom stereocenters. The van der Waals surface area contributed by atoms with E-state index in [1.165, 1.54) is 19.3 Å². The normalized spacial score (nSPS) is 23.6. The van der Waals surface area contributed by atoms with E-state index < -0.39 is 0 Å². The molecule has 0 aromatic carbocycles. The lowest BCUT2D eigenvalue weighted by atomic mass is 9.86. The molecule has 4 heteroatoms. The van der Waals surface area contributed by atoms with Gasteiger partial charge in [0.25, 0.3) is 0 Å². The van der Waals surface area contributed by atoms with Crippen LogP contribution < -0.4 is 10.6 Å². The van der Waals surface area contributed by atoms with Crippen LogP contribution in [-0.2, 0) is 9.53 Å². The fourth-order valence-electron chi connectivity index (χ4n) is 2.50. The van der Waals surface area contributed by atoms with E-state index >= 15 is 0 Å². The first-order valence-electron chi connectivity index (χ1n) is 7.53. The van der Waals surface area contributed by atoms with E-state index in [1.807, 2.05) is 7.05 Å². The lowest BCUT2D eigenvalue weighted by Crippen LogP contribution is -2.45. The SMILES string of the molecule is CCCCCC(C)(C)CNC(=O)C1COCC1NC. The Morgan fingerprint density at radius 2 is 2.05 bits per heavy atom. The van der Waals surface area contributed by atoms with Gasteiger partial charge in [0.2, 0.25) is 5.91 Å². The van der Waals surface area contributed by atoms with Gasteiger partial charge >= 0.3 is 0 Å². The summed E-state index contributed by atoms with van der Waals surface area (Å²) in [7, 11) is 1.88. The molecule has 1 amide bonds. The number of rotatable bonds is 8. The molecule has 1 fully saturated rings. The molecule has 0 aliphatic carbocycles. The van der Waals surface area contributed by atoms with Gasteiger partial charge in [-0.05, 0) is 18.9 Å². The van der Waals surface area contributed by atoms with E-state index in [-0.39, 0.29) is 23.3 Å². The minimum absolute atomic E-state index is 0.0450. The number of ether oxygens (including phenoxy) is 1. The third-order valence-electron chi connectivity index (χ3n) is 3.99. The molecule has 2 unspecified atom stereocenters. The summed E-state index contributed by atoms with van der Waals surface area (Å²) in [5, 5.41) is 6.25. The van der Waals surface area contributed by atoms with Gasteiger partial charge in [-0.2, -0.15) is 0 Å². The average molecular weight is 270 g/mol. The fraction of sp³-hybridized carbons (Fsp3) is 0.933. The molecular formula is C15H30N2O2. The Bertz CT molecular complexity index is 279. The Hall–Kier alpha value is -0.610. The van der Waals surface area contributed by atoms with Gasteiger partial charge in [0.15, 0.2) is 0 Å². The topological polar surface area (TPSA) is 50.4 Å². The molecule has 0 radical (unpaired) electrons. The van der Waals surface area contributed by atoms with Crippen LogP contribution in [-0.4, -0.2) is 38.8 Å². The molecule has 0 aromatic rings. The van der Waals surface area contributed by atoms with E-state index in [0.717, 1.165) is 13.0 Å². The summed E-state index contributed by atoms with van der Waals surface area (Å²) in [5.41, 5.74) is 0.180. The number of hydrogen-bond acceptors (Lipinski definition) is 3. The number of hydrogen-bond donors (Lipinski definition) is 2. The molecule has 112 valence electrons. The number of carbonyl (C=O) groups is 1. The average Bonchev–Trinajstić information content (AvgIpc) is 2.84. The molecule has 1 heterocycles. The van der Waals surface area contributed by atoms with E-state index in [2.05, 4.69) is 31.4 Å². The molecule has 4 nitrogen and oxygen atoms in total. The van der Waals surface area contributed by atoms with Crippen molar-refractivity contribution in [1.82, 2.24) is 10.6 Å². The van der Waals surface area contributed by atoms with Crippen LogP contribution in [0.1, 0.15) is 46.5 Å². The minimum Gasteiger partial charge on any atom is -0.379 e. The Morgan fingerprint density at radius 3 is 2.68 bits per heavy atom. The summed E-state index contributed by atoms with van der Waals surface area (Å²) >= 11 is 0. The zero-order chi connectivity index (χ0) is 14.3. The molecule has 1 rings (SSSR count). The lowest BCUT2D eigenvalue weighted by molar-refractivity contribution is -0.125. The minimum atomic E-state index is -0.0450. The molecule has 1 aliphatic rings. The van der Waals surface area contributed by atoms with Crippen LogP contribution >= 0.6 is 0 Å². The van der Waals surface area contributed by atoms with Crippen molar-refractivity contribution in [1.29, 1.82) is 0 Å². The third kappa shape index (κ3) is 5.49. The Balaban J connectivity index is 2.32. The molecule has 1 aliphatic heterocycles. The van der Waals surface area contributed by atoms with Crippen LogP contribution in [0, 0.1) is 11.3 Å². The number of unbranched alkanes of at least 4 members (excludes halogenated alkanes) is 2. The summed E-state index contributed by atoms with van der Waals surface area (Å²) < 4.78 is 5.37. The van der Waals surface area contributed by atoms with Gasteiger partial charge in [-0.1, -0.05) is 40.0 Å². The number of likely N-dealkylation sites (N-methyl/N-ethyl adjacent to an activating group) is 1. The molecule has 1 saturated heterocycles. The van der Waals surface area contributed by atoms with Crippen LogP contribution in [0.2, 0.25) is 0 Å². The van der Waals surface area contributed by atoms with Crippen molar-refractivity contribution < 1.29 is 9.53 Å². The zero-order valence-corrected chi connectivity index (χ0v) is 12.9. The maximum atomic E-state index is 12.2. The number of amides is 1. The van der Waals surface area contributed by atoms with Gasteiger partial charge in [-0.15, -0.1) is 0 Å². The molecule has 0 saturated carbocycles. The maximum Gasteiger partial charge on any atom is 0.227 e. The second-order valence-electron chi connectivity index (χ2n) is 6.38. The van der Waals surface area contributed by atoms with Crippen LogP contribution in [0.15, 0.2) is 0 Å². The first-order valence-corrected chi connectivity index (χ1v) is 7.53. The summed E-state index contributed by atoms with van der Waals surface area (Å²) in [4.78, 5) is 12.2. The first kappa shape index (κ1) is 16.4. The molecule has 0 bridgehead atoms. The highest BCUT2D eigenvalue weighted by molar-refractivity contribution is 5.79. The summed E-state index contributed by atoms with van der Waals surface area (Å²) in [6.45, 7) is 8.59. The van der Waals surface area contributed by atoms with E-state index in [4.69, 9.17) is 4.74 Å². The van der Waals surface area contributed by atoms with E-state index in [1.54, 1.807) is 0 Å². The Morgan fingerprint density at radius 1 is 1.32 bits per heavy atom. The van der Waals surface area contributed by atoms with E-state index in [0.29, 0.717) is 13.2 Å². The summed E-state index contributed by atoms with van der Waals surface area (Å²) in [5.74, 6) is 0.0804. The predicted octanol–water partition coefficient (Wildman–Crippen LogP) is 1.94. The van der Waals surface area contributed by atoms with Crippen molar-refractivity contribution >= 4 is 5.91 Å². The van der Waals surface area contributed by atoms with Gasteiger partial charge in [0.1, 0.15) is 0 Å². The Kier molecular flexibility index (Phi) is 6.80. The van der Waals surface area contributed by atoms with E-state index in [9.17, 15) is 4.79 Å². The van der Waals surface area contributed by atoms with Gasteiger partial charge < -0.3 is 15.4 Å². The predicted molar refractivity (Wildman–Crippen MR) is 78.1 cm³/mol. The second kappa shape index (κ2) is 7.85. The zero-order valence-electron chi connectivity index (χ0n) is 12.9. The van der Waals surface area contributed by atoms with Gasteiger partial charge in [0.05, 0.1) is 19.1 Å². The van der Waals surface area contributed by atoms with Gasteiger partial charge in [-0.25, -0.2) is 0 Å². The largest absolute Gasteiger partial charge is 0.379 e. The van der Waals surface area contributed by atoms with Crippen LogP contribution in [0.25, 0.3) is 0 Å². The quantitative estimate of drug-likeness (QED) is 0.663. The van der Waals surface area contributed by atoms with Crippen molar-refractivity contribution in [3.63, 3.8) is 0 Å². The molecule has 19 heavy (non-hydrogen) atoms. The molecule has 0 aromatic heterocycles. The lowest BCUT2D eigenvalue weighted by Gasteiger charge is -2.26. The standard InChI is InChI=1S/C15H30N2O2/c1-5-6-7-8-15(2,3)11-17-14(18)12-9-19-10-13(12)16-4/h12-13,16H,5-11H2,1-4H3,(H,17,18). The van der Waals surface area contributed by atoms with Gasteiger partial charge in [0, 0.05) is 12.6 Å². The molecular weight excluding hydrogens is 240 g/mol. The second-order valence-corrected chi connectivity index (χ2v) is 6.38. The van der Waals surface area contributed by atoms with Gasteiger partial charge in [-0.3, -0.25) is 4.79 Å². The summed E-state index contributed by atoms with van der Waals surface area (Å²) in [6, 6.07) is 0.156. The molecule has 2 N–H and O–H groups in total. The highest BCUT2D eigenvalue weighted by atomic mass is 16.5. The third-order valence-corrected chi connectivity index (χ3v) is 3.99. The van der Waals surface area contributed by atoms with Crippen molar-refractivity contribution in [3.05, 3.63) is 0 Å². The van der Waals surface area contributed by atoms with Crippen molar-refractivity contribution in [2.45, 2.75) is 52.5 Å². The first-order chi connectivity index (χ1) is 9.00.